The first kappa shape index (κ1) is 9.70. The van der Waals surface area contributed by atoms with E-state index in [4.69, 9.17) is 0 Å². The van der Waals surface area contributed by atoms with Gasteiger partial charge >= 0.3 is 15.4 Å². The zero-order chi connectivity index (χ0) is 8.41. The van der Waals surface area contributed by atoms with E-state index in [1.54, 1.807) is 0 Å². The van der Waals surface area contributed by atoms with Crippen LogP contribution in [0, 0.1) is 0 Å². The topological polar surface area (TPSA) is 43.4 Å². The maximum absolute atomic E-state index is 12.0. The summed E-state index contributed by atoms with van der Waals surface area (Å²) < 4.78 is 56.8. The highest BCUT2D eigenvalue weighted by Crippen LogP contribution is 2.26. The molecule has 0 spiro atoms. The fraction of sp³-hybridized carbons (Fsp3) is 1.00. The van der Waals surface area contributed by atoms with Crippen molar-refractivity contribution < 1.29 is 26.1 Å². The van der Waals surface area contributed by atoms with Gasteiger partial charge in [0.05, 0.1) is 0 Å². The molecule has 0 bridgehead atoms. The van der Waals surface area contributed by atoms with E-state index in [2.05, 4.69) is 4.39 Å². The summed E-state index contributed by atoms with van der Waals surface area (Å²) in [7, 11) is -5.35. The normalized spacial score (nSPS) is 13.6. The van der Waals surface area contributed by atoms with Crippen molar-refractivity contribution in [3.8, 4) is 0 Å². The van der Waals surface area contributed by atoms with Gasteiger partial charge in [-0.15, -0.1) is 0 Å². The van der Waals surface area contributed by atoms with Crippen molar-refractivity contribution in [1.82, 2.24) is 0 Å². The molecule has 0 aliphatic rings. The van der Waals surface area contributed by atoms with E-state index in [-0.39, 0.29) is 0 Å². The Labute approximate surface area is 55.8 Å². The van der Waals surface area contributed by atoms with Crippen LogP contribution in [0.2, 0.25) is 0 Å². The predicted molar refractivity (Wildman–Crippen MR) is 26.4 cm³/mol. The van der Waals surface area contributed by atoms with Crippen molar-refractivity contribution >= 4 is 10.1 Å². The van der Waals surface area contributed by atoms with Crippen molar-refractivity contribution in [2.75, 3.05) is 0 Å². The van der Waals surface area contributed by atoms with Crippen molar-refractivity contribution in [2.45, 2.75) is 18.6 Å². The quantitative estimate of drug-likeness (QED) is 0.652. The average Bonchev–Trinajstić information content (AvgIpc) is 1.88. The Balaban J connectivity index is 4.64. The van der Waals surface area contributed by atoms with Gasteiger partial charge in [0.1, 0.15) is 0 Å². The Hall–Kier alpha value is -0.300. The smallest absolute Gasteiger partial charge is 0.190 e. The summed E-state index contributed by atoms with van der Waals surface area (Å²) in [5.74, 6) is 0. The lowest BCUT2D eigenvalue weighted by molar-refractivity contribution is -0.0283. The van der Waals surface area contributed by atoms with Crippen LogP contribution in [0.3, 0.4) is 0 Å². The molecule has 0 amide bonds. The Bertz CT molecular complexity index is 197. The minimum Gasteiger partial charge on any atom is -0.190 e. The van der Waals surface area contributed by atoms with Gasteiger partial charge in [0.2, 0.25) is 0 Å². The van der Waals surface area contributed by atoms with Gasteiger partial charge in [-0.2, -0.15) is 17.2 Å². The third kappa shape index (κ3) is 1.60. The number of hydrogen-bond acceptors (Lipinski definition) is 3. The second-order valence-electron chi connectivity index (χ2n) is 1.51. The molecule has 0 aliphatic heterocycles. The minimum atomic E-state index is -5.35. The Kier molecular flexibility index (Phi) is 2.67. The molecule has 0 N–H and O–H groups in total. The summed E-state index contributed by atoms with van der Waals surface area (Å²) in [6.45, 7) is 0.899. The maximum Gasteiger partial charge on any atom is 0.372 e. The van der Waals surface area contributed by atoms with Crippen LogP contribution in [0.4, 0.5) is 13.3 Å². The molecule has 7 heteroatoms. The lowest BCUT2D eigenvalue weighted by Crippen LogP contribution is -2.27. The van der Waals surface area contributed by atoms with Crippen LogP contribution >= 0.6 is 0 Å². The standard InChI is InChI=1S/C3H5F3O3S/c1-2-3(4,5)10(7,8)9-6/h2H2,1H3. The van der Waals surface area contributed by atoms with Gasteiger partial charge in [0.15, 0.2) is 0 Å². The van der Waals surface area contributed by atoms with Crippen LogP contribution in [0.25, 0.3) is 0 Å². The molecule has 0 unspecified atom stereocenters. The second-order valence-corrected chi connectivity index (χ2v) is 3.14. The zero-order valence-corrected chi connectivity index (χ0v) is 5.79. The molecule has 0 saturated heterocycles. The fourth-order valence-corrected chi connectivity index (χ4v) is 0.669. The zero-order valence-electron chi connectivity index (χ0n) is 4.97. The largest absolute Gasteiger partial charge is 0.372 e. The van der Waals surface area contributed by atoms with Crippen molar-refractivity contribution in [1.29, 1.82) is 0 Å². The third-order valence-corrected chi connectivity index (χ3v) is 2.05. The Morgan fingerprint density at radius 3 is 2.00 bits per heavy atom. The van der Waals surface area contributed by atoms with Crippen molar-refractivity contribution in [2.24, 2.45) is 0 Å². The van der Waals surface area contributed by atoms with Crippen LogP contribution in [0.5, 0.6) is 0 Å². The van der Waals surface area contributed by atoms with E-state index in [0.717, 1.165) is 6.92 Å². The molecule has 0 aromatic rings. The van der Waals surface area contributed by atoms with Crippen LogP contribution in [-0.4, -0.2) is 13.7 Å². The predicted octanol–water partition coefficient (Wildman–Crippen LogP) is 1.22. The highest BCUT2D eigenvalue weighted by molar-refractivity contribution is 7.87. The lowest BCUT2D eigenvalue weighted by atomic mass is 10.5. The lowest BCUT2D eigenvalue weighted by Gasteiger charge is -2.08. The van der Waals surface area contributed by atoms with Gasteiger partial charge in [0, 0.05) is 6.42 Å². The van der Waals surface area contributed by atoms with E-state index < -0.39 is 21.8 Å². The summed E-state index contributed by atoms with van der Waals surface area (Å²) >= 11 is 0. The monoisotopic (exact) mass is 178 g/mol. The molecular formula is C3H5F3O3S. The van der Waals surface area contributed by atoms with E-state index in [1.807, 2.05) is 0 Å². The van der Waals surface area contributed by atoms with E-state index >= 15 is 0 Å². The van der Waals surface area contributed by atoms with Gasteiger partial charge in [-0.05, 0) is 4.53 Å². The molecule has 10 heavy (non-hydrogen) atoms. The molecule has 0 rings (SSSR count). The molecule has 3 nitrogen and oxygen atoms in total. The molecule has 0 heterocycles. The SMILES string of the molecule is CCC(F)(F)S(=O)(=O)OF. The molecule has 62 valence electrons. The van der Waals surface area contributed by atoms with Gasteiger partial charge in [-0.25, -0.2) is 0 Å². The van der Waals surface area contributed by atoms with E-state index in [0.29, 0.717) is 0 Å². The summed E-state index contributed by atoms with van der Waals surface area (Å²) in [5, 5.41) is -4.14. The molecule has 0 aromatic heterocycles. The van der Waals surface area contributed by atoms with Crippen molar-refractivity contribution in [3.05, 3.63) is 0 Å². The van der Waals surface area contributed by atoms with E-state index in [9.17, 15) is 21.7 Å². The van der Waals surface area contributed by atoms with Crippen LogP contribution in [0.1, 0.15) is 13.3 Å². The third-order valence-electron chi connectivity index (χ3n) is 0.860. The first-order valence-electron chi connectivity index (χ1n) is 2.30. The van der Waals surface area contributed by atoms with Gasteiger partial charge in [0.25, 0.3) is 0 Å². The summed E-state index contributed by atoms with van der Waals surface area (Å²) in [5.41, 5.74) is 0. The van der Waals surface area contributed by atoms with Gasteiger partial charge < -0.3 is 0 Å². The first-order valence-corrected chi connectivity index (χ1v) is 3.71. The average molecular weight is 178 g/mol. The molecule has 0 saturated carbocycles. The molecule has 0 aliphatic carbocycles. The minimum absolute atomic E-state index is 0.899. The summed E-state index contributed by atoms with van der Waals surface area (Å²) in [6.07, 6.45) is -1.01. The number of alkyl halides is 2. The highest BCUT2D eigenvalue weighted by atomic mass is 32.2. The summed E-state index contributed by atoms with van der Waals surface area (Å²) in [6, 6.07) is 0. The van der Waals surface area contributed by atoms with E-state index in [1.165, 1.54) is 0 Å². The van der Waals surface area contributed by atoms with Crippen LogP contribution in [0.15, 0.2) is 0 Å². The second kappa shape index (κ2) is 2.75. The molecular weight excluding hydrogens is 173 g/mol. The van der Waals surface area contributed by atoms with Crippen LogP contribution < -0.4 is 0 Å². The number of rotatable bonds is 3. The number of halogens is 3. The molecule has 0 atom stereocenters. The molecule has 0 fully saturated rings. The Morgan fingerprint density at radius 2 is 1.90 bits per heavy atom. The summed E-state index contributed by atoms with van der Waals surface area (Å²) in [4.78, 5) is 0. The Morgan fingerprint density at radius 1 is 1.50 bits per heavy atom. The molecule has 0 aromatic carbocycles. The number of hydrogen-bond donors (Lipinski definition) is 0. The van der Waals surface area contributed by atoms with Crippen molar-refractivity contribution in [3.63, 3.8) is 0 Å². The highest BCUT2D eigenvalue weighted by Gasteiger charge is 2.45. The maximum atomic E-state index is 12.0. The van der Waals surface area contributed by atoms with Gasteiger partial charge in [-0.3, -0.25) is 0 Å². The first-order chi connectivity index (χ1) is 4.37. The van der Waals surface area contributed by atoms with Gasteiger partial charge in [-0.1, -0.05) is 11.3 Å². The molecule has 0 radical (unpaired) electrons. The fourth-order valence-electron chi connectivity index (χ4n) is 0.223. The van der Waals surface area contributed by atoms with Crippen LogP contribution in [-0.2, 0) is 14.5 Å².